The molecule has 2 saturated heterocycles. The first-order valence-electron chi connectivity index (χ1n) is 21.8. The van der Waals surface area contributed by atoms with Crippen LogP contribution in [0.2, 0.25) is 0 Å². The molecule has 346 valence electrons. The van der Waals surface area contributed by atoms with Gasteiger partial charge in [-0.15, -0.1) is 0 Å². The number of aromatic amines is 2. The molecule has 0 spiro atoms. The van der Waals surface area contributed by atoms with E-state index in [-0.39, 0.29) is 64.8 Å². The number of amides is 4. The zero-order valence-corrected chi connectivity index (χ0v) is 37.3. The van der Waals surface area contributed by atoms with Crippen molar-refractivity contribution >= 4 is 35.0 Å². The van der Waals surface area contributed by atoms with Gasteiger partial charge in [0.15, 0.2) is 5.76 Å². The summed E-state index contributed by atoms with van der Waals surface area (Å²) in [5.74, 6) is 0.337. The minimum atomic E-state index is -1.26. The van der Waals surface area contributed by atoms with Crippen LogP contribution >= 0.6 is 0 Å². The second-order valence-electron chi connectivity index (χ2n) is 17.0. The van der Waals surface area contributed by atoms with Gasteiger partial charge < -0.3 is 59.2 Å². The van der Waals surface area contributed by atoms with Gasteiger partial charge in [0.1, 0.15) is 42.0 Å². The summed E-state index contributed by atoms with van der Waals surface area (Å²) in [7, 11) is 2.51. The van der Waals surface area contributed by atoms with Crippen molar-refractivity contribution in [3.63, 3.8) is 0 Å². The maximum Gasteiger partial charge on any atom is 0.407 e. The van der Waals surface area contributed by atoms with Gasteiger partial charge in [-0.1, -0.05) is 52.0 Å². The molecule has 5 heterocycles. The van der Waals surface area contributed by atoms with Gasteiger partial charge in [-0.2, -0.15) is 0 Å². The molecule has 7 rings (SSSR count). The van der Waals surface area contributed by atoms with Crippen molar-refractivity contribution in [3.05, 3.63) is 76.7 Å². The number of carbonyl (C=O) groups excluding carboxylic acids is 4. The van der Waals surface area contributed by atoms with E-state index in [9.17, 15) is 34.2 Å². The average molecular weight is 897 g/mol. The molecule has 0 aliphatic carbocycles. The Labute approximate surface area is 374 Å². The number of hydrogen-bond acceptors (Lipinski definition) is 13. The number of carbonyl (C=O) groups is 4. The van der Waals surface area contributed by atoms with Gasteiger partial charge in [0.25, 0.3) is 0 Å². The van der Waals surface area contributed by atoms with Crippen LogP contribution in [0.5, 0.6) is 5.75 Å². The Balaban J connectivity index is 1.14. The molecule has 2 aromatic carbocycles. The van der Waals surface area contributed by atoms with E-state index in [1.807, 2.05) is 39.8 Å². The smallest absolute Gasteiger partial charge is 0.407 e. The van der Waals surface area contributed by atoms with Crippen LogP contribution in [0.3, 0.4) is 0 Å². The number of rotatable bonds is 15. The van der Waals surface area contributed by atoms with E-state index in [4.69, 9.17) is 18.6 Å². The molecule has 65 heavy (non-hydrogen) atoms. The summed E-state index contributed by atoms with van der Waals surface area (Å²) in [6.45, 7) is 7.47. The first-order valence-corrected chi connectivity index (χ1v) is 21.8. The van der Waals surface area contributed by atoms with Crippen molar-refractivity contribution in [2.45, 2.75) is 83.6 Å². The number of likely N-dealkylation sites (tertiary alicyclic amines) is 2. The van der Waals surface area contributed by atoms with Crippen molar-refractivity contribution < 1.29 is 48.0 Å². The zero-order valence-electron chi connectivity index (χ0n) is 37.3. The van der Waals surface area contributed by atoms with Gasteiger partial charge in [-0.3, -0.25) is 14.4 Å². The van der Waals surface area contributed by atoms with Crippen LogP contribution in [0.1, 0.15) is 77.1 Å². The molecule has 0 radical (unpaired) electrons. The van der Waals surface area contributed by atoms with Crippen LogP contribution in [0.15, 0.2) is 64.1 Å². The molecule has 19 heteroatoms. The van der Waals surface area contributed by atoms with Gasteiger partial charge >= 0.3 is 12.2 Å². The van der Waals surface area contributed by atoms with E-state index in [1.54, 1.807) is 52.5 Å². The number of nitrogens with zero attached hydrogens (tertiary/aromatic N) is 4. The Bertz CT molecular complexity index is 2570. The number of aliphatic hydroxyl groups is 2. The van der Waals surface area contributed by atoms with Crippen molar-refractivity contribution in [3.8, 4) is 39.6 Å². The number of alkyl carbamates (subject to hydrolysis) is 2. The molecule has 5 unspecified atom stereocenters. The standard InChI is InChI=1S/C46H56N8O11/c1-24(2)36(51-45(60)62-5)43(58)53-17-7-9-33(53)41-47-20-31(49-41)26-11-13-27(14-12-26)39-40(64-23-29(56)22-55)38(57)30-19-28(15-16-35(30)65-39)32-21-48-42(50-32)34-10-8-18-54(34)44(59)37(25(3)4)52-46(61)63-6/h11-16,19-21,24-25,29,33-34,36-37,55-56H,7-10,17-18,22-23H2,1-6H3,(H,47,49)(H,48,50)(H,51,60)(H,52,61). The third kappa shape index (κ3) is 9.85. The Kier molecular flexibility index (Phi) is 14.2. The van der Waals surface area contributed by atoms with Crippen LogP contribution in [-0.4, -0.2) is 123 Å². The van der Waals surface area contributed by atoms with Crippen LogP contribution < -0.4 is 20.8 Å². The zero-order chi connectivity index (χ0) is 46.5. The second kappa shape index (κ2) is 20.0. The summed E-state index contributed by atoms with van der Waals surface area (Å²) < 4.78 is 21.8. The third-order valence-electron chi connectivity index (χ3n) is 11.9. The van der Waals surface area contributed by atoms with Crippen molar-refractivity contribution in [2.75, 3.05) is 40.5 Å². The van der Waals surface area contributed by atoms with Crippen molar-refractivity contribution in [2.24, 2.45) is 11.8 Å². The molecular weight excluding hydrogens is 841 g/mol. The van der Waals surface area contributed by atoms with E-state index in [0.717, 1.165) is 18.4 Å². The lowest BCUT2D eigenvalue weighted by molar-refractivity contribution is -0.136. The number of methoxy groups -OCH3 is 2. The number of benzene rings is 2. The largest absolute Gasteiger partial charge is 0.483 e. The van der Waals surface area contributed by atoms with Crippen LogP contribution in [0.25, 0.3) is 44.8 Å². The lowest BCUT2D eigenvalue weighted by Gasteiger charge is -2.30. The number of nitrogens with one attached hydrogen (secondary N) is 4. The first kappa shape index (κ1) is 46.3. The van der Waals surface area contributed by atoms with Gasteiger partial charge in [-0.25, -0.2) is 19.6 Å². The molecule has 5 atom stereocenters. The molecular formula is C46H56N8O11. The molecule has 2 fully saturated rings. The molecule has 2 aliphatic heterocycles. The fraction of sp³-hybridized carbons (Fsp3) is 0.457. The van der Waals surface area contributed by atoms with Gasteiger partial charge in [0.05, 0.1) is 62.1 Å². The average Bonchev–Trinajstić information content (AvgIpc) is 4.16. The number of fused-ring (bicyclic) bond motifs is 1. The fourth-order valence-electron chi connectivity index (χ4n) is 8.39. The summed E-state index contributed by atoms with van der Waals surface area (Å²) in [6, 6.07) is 10.1. The number of aromatic nitrogens is 4. The van der Waals surface area contributed by atoms with E-state index in [0.29, 0.717) is 60.1 Å². The maximum atomic E-state index is 14.3. The topological polar surface area (TPSA) is 255 Å². The van der Waals surface area contributed by atoms with Gasteiger partial charge in [0.2, 0.25) is 23.0 Å². The molecule has 5 aromatic rings. The number of aliphatic hydroxyl groups excluding tert-OH is 2. The third-order valence-corrected chi connectivity index (χ3v) is 11.9. The van der Waals surface area contributed by atoms with Crippen molar-refractivity contribution in [1.82, 2.24) is 40.4 Å². The van der Waals surface area contributed by atoms with E-state index in [1.165, 1.54) is 14.2 Å². The molecule has 19 nitrogen and oxygen atoms in total. The predicted octanol–water partition coefficient (Wildman–Crippen LogP) is 5.06. The lowest BCUT2D eigenvalue weighted by Crippen LogP contribution is -2.51. The number of ether oxygens (including phenoxy) is 3. The number of H-pyrrole nitrogens is 2. The molecule has 0 bridgehead atoms. The molecule has 0 saturated carbocycles. The SMILES string of the molecule is COC(=O)NC(C(=O)N1CCCC1c1ncc(-c2ccc(-c3oc4ccc(-c5cnc(C6CCCN6C(=O)C(NC(=O)OC)C(C)C)[nH]5)cc4c(=O)c3OCC(O)CO)cc2)[nH]1)C(C)C. The first-order chi connectivity index (χ1) is 31.2. The Morgan fingerprint density at radius 2 is 1.28 bits per heavy atom. The summed E-state index contributed by atoms with van der Waals surface area (Å²) in [6.07, 6.45) is 3.58. The highest BCUT2D eigenvalue weighted by atomic mass is 16.5. The molecule has 2 aliphatic rings. The maximum absolute atomic E-state index is 14.3. The van der Waals surface area contributed by atoms with E-state index in [2.05, 4.69) is 30.6 Å². The number of imidazole rings is 2. The summed E-state index contributed by atoms with van der Waals surface area (Å²) >= 11 is 0. The quantitative estimate of drug-likeness (QED) is 0.0805. The highest BCUT2D eigenvalue weighted by molar-refractivity contribution is 5.88. The molecule has 4 amide bonds. The van der Waals surface area contributed by atoms with Gasteiger partial charge in [0, 0.05) is 24.2 Å². The van der Waals surface area contributed by atoms with Crippen LogP contribution in [0, 0.1) is 11.8 Å². The summed E-state index contributed by atoms with van der Waals surface area (Å²) in [4.78, 5) is 85.1. The Morgan fingerprint density at radius 1 is 0.785 bits per heavy atom. The highest BCUT2D eigenvalue weighted by Gasteiger charge is 2.39. The van der Waals surface area contributed by atoms with Crippen molar-refractivity contribution in [1.29, 1.82) is 0 Å². The predicted molar refractivity (Wildman–Crippen MR) is 237 cm³/mol. The normalized spacial score (nSPS) is 17.6. The lowest BCUT2D eigenvalue weighted by atomic mass is 10.0. The number of hydrogen-bond donors (Lipinski definition) is 6. The Morgan fingerprint density at radius 3 is 1.77 bits per heavy atom. The molecule has 6 N–H and O–H groups in total. The highest BCUT2D eigenvalue weighted by Crippen LogP contribution is 2.37. The monoisotopic (exact) mass is 896 g/mol. The summed E-state index contributed by atoms with van der Waals surface area (Å²) in [5, 5.41) is 25.2. The second-order valence-corrected chi connectivity index (χ2v) is 17.0. The minimum absolute atomic E-state index is 0.119. The molecule has 3 aromatic heterocycles. The van der Waals surface area contributed by atoms with Gasteiger partial charge in [-0.05, 0) is 61.3 Å². The van der Waals surface area contributed by atoms with E-state index < -0.39 is 42.4 Å². The summed E-state index contributed by atoms with van der Waals surface area (Å²) in [5.41, 5.74) is 2.95. The fourth-order valence-corrected chi connectivity index (χ4v) is 8.39. The van der Waals surface area contributed by atoms with Crippen LogP contribution in [-0.2, 0) is 19.1 Å². The van der Waals surface area contributed by atoms with E-state index >= 15 is 0 Å². The Hall–Kier alpha value is -6.73. The van der Waals surface area contributed by atoms with Crippen LogP contribution in [0.4, 0.5) is 9.59 Å². The minimum Gasteiger partial charge on any atom is -0.483 e.